The minimum atomic E-state index is -1.07. The quantitative estimate of drug-likeness (QED) is 0.137. The third kappa shape index (κ3) is 10.1. The third-order valence-corrected chi connectivity index (χ3v) is 4.83. The molecule has 1 aliphatic rings. The van der Waals surface area contributed by atoms with Crippen molar-refractivity contribution in [3.8, 4) is 0 Å². The van der Waals surface area contributed by atoms with E-state index in [4.69, 9.17) is 14.3 Å². The standard InChI is InChI=1S/C22H36N4O7/c1-13(2)8-9-16(19(28)22(6)12-32-22)24-18(27)10-23-21(30)17(11-31-7)25-20(29)15(5)26-33-14(3)4/h13,16-17H,3,8-12H2,1-2,4-7H3,(H,23,30)(H,24,27)(H,25,29)/b26-15+/t16-,17-,22+/m0/s1. The first-order valence-electron chi connectivity index (χ1n) is 10.8. The van der Waals surface area contributed by atoms with Crippen molar-refractivity contribution in [2.24, 2.45) is 11.1 Å². The molecule has 0 aromatic carbocycles. The molecule has 33 heavy (non-hydrogen) atoms. The molecule has 1 saturated heterocycles. The summed E-state index contributed by atoms with van der Waals surface area (Å²) in [6, 6.07) is -1.77. The van der Waals surface area contributed by atoms with E-state index in [1.54, 1.807) is 13.8 Å². The molecule has 1 heterocycles. The van der Waals surface area contributed by atoms with Crippen molar-refractivity contribution in [3.05, 3.63) is 12.3 Å². The van der Waals surface area contributed by atoms with Gasteiger partial charge >= 0.3 is 0 Å². The molecule has 186 valence electrons. The van der Waals surface area contributed by atoms with Crippen molar-refractivity contribution in [1.29, 1.82) is 0 Å². The number of hydrogen-bond donors (Lipinski definition) is 3. The molecule has 0 aromatic rings. The Bertz CT molecular complexity index is 775. The van der Waals surface area contributed by atoms with Gasteiger partial charge in [0.15, 0.2) is 5.78 Å². The predicted molar refractivity (Wildman–Crippen MR) is 121 cm³/mol. The summed E-state index contributed by atoms with van der Waals surface area (Å²) in [6.45, 7) is 12.1. The number of allylic oxidation sites excluding steroid dienone is 1. The highest BCUT2D eigenvalue weighted by Crippen LogP contribution is 2.29. The van der Waals surface area contributed by atoms with Crippen LogP contribution in [0.4, 0.5) is 0 Å². The highest BCUT2D eigenvalue weighted by molar-refractivity contribution is 6.38. The molecule has 0 spiro atoms. The van der Waals surface area contributed by atoms with Crippen LogP contribution in [0.3, 0.4) is 0 Å². The molecular weight excluding hydrogens is 432 g/mol. The van der Waals surface area contributed by atoms with Gasteiger partial charge < -0.3 is 30.3 Å². The molecule has 11 nitrogen and oxygen atoms in total. The van der Waals surface area contributed by atoms with Gasteiger partial charge in [-0.15, -0.1) is 0 Å². The van der Waals surface area contributed by atoms with Gasteiger partial charge in [-0.2, -0.15) is 0 Å². The van der Waals surface area contributed by atoms with Crippen LogP contribution in [-0.2, 0) is 33.5 Å². The Morgan fingerprint density at radius 2 is 1.76 bits per heavy atom. The number of amides is 3. The number of carbonyl (C=O) groups excluding carboxylic acids is 4. The first-order valence-corrected chi connectivity index (χ1v) is 10.8. The van der Waals surface area contributed by atoms with E-state index < -0.39 is 35.4 Å². The molecule has 11 heteroatoms. The summed E-state index contributed by atoms with van der Waals surface area (Å²) in [5.41, 5.74) is -0.883. The van der Waals surface area contributed by atoms with Gasteiger partial charge in [0.1, 0.15) is 23.1 Å². The van der Waals surface area contributed by atoms with E-state index in [1.165, 1.54) is 14.0 Å². The van der Waals surface area contributed by atoms with Crippen molar-refractivity contribution in [3.63, 3.8) is 0 Å². The molecule has 0 radical (unpaired) electrons. The Morgan fingerprint density at radius 1 is 1.12 bits per heavy atom. The van der Waals surface area contributed by atoms with Crippen LogP contribution in [0.25, 0.3) is 0 Å². The lowest BCUT2D eigenvalue weighted by molar-refractivity contribution is -0.132. The van der Waals surface area contributed by atoms with Crippen LogP contribution >= 0.6 is 0 Å². The van der Waals surface area contributed by atoms with Gasteiger partial charge in [-0.05, 0) is 39.5 Å². The maximum atomic E-state index is 12.7. The van der Waals surface area contributed by atoms with Crippen LogP contribution in [0.2, 0.25) is 0 Å². The maximum Gasteiger partial charge on any atom is 0.269 e. The van der Waals surface area contributed by atoms with Gasteiger partial charge in [0.05, 0.1) is 25.8 Å². The average Bonchev–Trinajstić information content (AvgIpc) is 3.50. The molecule has 0 aromatic heterocycles. The summed E-state index contributed by atoms with van der Waals surface area (Å²) in [7, 11) is 1.37. The monoisotopic (exact) mass is 468 g/mol. The molecule has 0 aliphatic carbocycles. The van der Waals surface area contributed by atoms with Crippen molar-refractivity contribution in [1.82, 2.24) is 16.0 Å². The van der Waals surface area contributed by atoms with Gasteiger partial charge in [0.25, 0.3) is 5.91 Å². The van der Waals surface area contributed by atoms with E-state index in [2.05, 4.69) is 27.7 Å². The summed E-state index contributed by atoms with van der Waals surface area (Å²) in [5.74, 6) is -1.32. The fraction of sp³-hybridized carbons (Fsp3) is 0.682. The van der Waals surface area contributed by atoms with Gasteiger partial charge in [-0.1, -0.05) is 25.6 Å². The topological polar surface area (TPSA) is 148 Å². The highest BCUT2D eigenvalue weighted by atomic mass is 16.6. The minimum Gasteiger partial charge on any atom is -0.382 e. The van der Waals surface area contributed by atoms with E-state index in [-0.39, 0.29) is 24.6 Å². The van der Waals surface area contributed by atoms with E-state index in [0.717, 1.165) is 6.42 Å². The number of methoxy groups -OCH3 is 1. The fourth-order valence-electron chi connectivity index (χ4n) is 2.72. The van der Waals surface area contributed by atoms with Crippen LogP contribution in [0.5, 0.6) is 0 Å². The highest BCUT2D eigenvalue weighted by Gasteiger charge is 2.49. The zero-order valence-corrected chi connectivity index (χ0v) is 20.3. The number of ketones is 1. The zero-order chi connectivity index (χ0) is 25.2. The van der Waals surface area contributed by atoms with Gasteiger partial charge in [-0.25, -0.2) is 0 Å². The van der Waals surface area contributed by atoms with Crippen LogP contribution in [-0.4, -0.2) is 73.8 Å². The number of nitrogens with one attached hydrogen (secondary N) is 3. The van der Waals surface area contributed by atoms with Crippen molar-refractivity contribution >= 4 is 29.2 Å². The molecule has 0 bridgehead atoms. The van der Waals surface area contributed by atoms with Crippen molar-refractivity contribution < 1.29 is 33.5 Å². The van der Waals surface area contributed by atoms with Crippen molar-refractivity contribution in [2.45, 2.75) is 65.1 Å². The average molecular weight is 469 g/mol. The van der Waals surface area contributed by atoms with Crippen molar-refractivity contribution in [2.75, 3.05) is 26.9 Å². The van der Waals surface area contributed by atoms with Crippen LogP contribution in [0, 0.1) is 5.92 Å². The summed E-state index contributed by atoms with van der Waals surface area (Å²) < 4.78 is 10.2. The van der Waals surface area contributed by atoms with E-state index in [9.17, 15) is 19.2 Å². The Hall–Kier alpha value is -2.79. The van der Waals surface area contributed by atoms with Crippen LogP contribution < -0.4 is 16.0 Å². The van der Waals surface area contributed by atoms with E-state index in [0.29, 0.717) is 24.7 Å². The summed E-state index contributed by atoms with van der Waals surface area (Å²) >= 11 is 0. The largest absolute Gasteiger partial charge is 0.382 e. The maximum absolute atomic E-state index is 12.7. The lowest BCUT2D eigenvalue weighted by Gasteiger charge is -2.21. The number of nitrogens with zero attached hydrogens (tertiary/aromatic N) is 1. The lowest BCUT2D eigenvalue weighted by atomic mass is 9.94. The second kappa shape index (κ2) is 13.0. The van der Waals surface area contributed by atoms with E-state index >= 15 is 0 Å². The smallest absolute Gasteiger partial charge is 0.269 e. The zero-order valence-electron chi connectivity index (χ0n) is 20.3. The number of ether oxygens (including phenoxy) is 2. The summed E-state index contributed by atoms with van der Waals surface area (Å²) in [5, 5.41) is 11.2. The first-order chi connectivity index (χ1) is 15.4. The van der Waals surface area contributed by atoms with Crippen LogP contribution in [0.1, 0.15) is 47.5 Å². The number of carbonyl (C=O) groups is 4. The predicted octanol–water partition coefficient (Wildman–Crippen LogP) is 0.439. The summed E-state index contributed by atoms with van der Waals surface area (Å²) in [4.78, 5) is 54.7. The molecule has 0 unspecified atom stereocenters. The Morgan fingerprint density at radius 3 is 2.27 bits per heavy atom. The van der Waals surface area contributed by atoms with Crippen LogP contribution in [0.15, 0.2) is 17.5 Å². The number of oxime groups is 1. The number of Topliss-reactive ketones (excluding diaryl/α,β-unsaturated/α-hetero) is 1. The lowest BCUT2D eigenvalue weighted by Crippen LogP contribution is -2.53. The molecule has 3 amide bonds. The molecule has 1 aliphatic heterocycles. The molecule has 3 atom stereocenters. The number of epoxide rings is 1. The number of rotatable bonds is 15. The Kier molecular flexibility index (Phi) is 11.2. The molecule has 1 fully saturated rings. The third-order valence-electron chi connectivity index (χ3n) is 4.83. The summed E-state index contributed by atoms with van der Waals surface area (Å²) in [6.07, 6.45) is 1.22. The SMILES string of the molecule is C=C(C)O/N=C(\C)C(=O)N[C@@H](COC)C(=O)NCC(=O)N[C@@H](CCC(C)C)C(=O)[C@@]1(C)CO1. The van der Waals surface area contributed by atoms with E-state index in [1.807, 2.05) is 13.8 Å². The molecule has 1 rings (SSSR count). The first kappa shape index (κ1) is 28.2. The van der Waals surface area contributed by atoms with Gasteiger partial charge in [0, 0.05) is 7.11 Å². The second-order valence-electron chi connectivity index (χ2n) is 8.64. The van der Waals surface area contributed by atoms with Gasteiger partial charge in [0.2, 0.25) is 11.8 Å². The minimum absolute atomic E-state index is 0.0213. The fourth-order valence-corrected chi connectivity index (χ4v) is 2.72. The molecule has 0 saturated carbocycles. The molecule has 3 N–H and O–H groups in total. The second-order valence-corrected chi connectivity index (χ2v) is 8.64. The normalized spacial score (nSPS) is 19.3. The number of hydrogen-bond acceptors (Lipinski definition) is 8. The Labute approximate surface area is 194 Å². The van der Waals surface area contributed by atoms with Gasteiger partial charge in [-0.3, -0.25) is 19.2 Å². The molecular formula is C22H36N4O7. The Balaban J connectivity index is 2.66.